The van der Waals surface area contributed by atoms with Gasteiger partial charge in [-0.1, -0.05) is 28.1 Å². The summed E-state index contributed by atoms with van der Waals surface area (Å²) in [6.45, 7) is 1.51. The number of hydrogen-bond acceptors (Lipinski definition) is 4. The molecule has 102 valence electrons. The van der Waals surface area contributed by atoms with Crippen molar-refractivity contribution in [1.82, 2.24) is 0 Å². The van der Waals surface area contributed by atoms with Gasteiger partial charge in [0, 0.05) is 4.47 Å². The minimum Gasteiger partial charge on any atom is -0.384 e. The number of halogens is 1. The fourth-order valence-electron chi connectivity index (χ4n) is 2.48. The van der Waals surface area contributed by atoms with Gasteiger partial charge in [-0.3, -0.25) is 0 Å². The molecule has 0 saturated carbocycles. The van der Waals surface area contributed by atoms with Crippen LogP contribution in [0.1, 0.15) is 18.9 Å². The van der Waals surface area contributed by atoms with Crippen molar-refractivity contribution in [3.8, 4) is 6.07 Å². The molecule has 1 aromatic carbocycles. The molecule has 1 saturated heterocycles. The van der Waals surface area contributed by atoms with Crippen molar-refractivity contribution in [2.45, 2.75) is 18.9 Å². The minimum absolute atomic E-state index is 0.0484. The highest BCUT2D eigenvalue weighted by atomic mass is 79.9. The van der Waals surface area contributed by atoms with Crippen LogP contribution in [0.25, 0.3) is 0 Å². The highest BCUT2D eigenvalue weighted by Crippen LogP contribution is 2.47. The van der Waals surface area contributed by atoms with Gasteiger partial charge in [0.25, 0.3) is 0 Å². The van der Waals surface area contributed by atoms with Crippen LogP contribution in [0.5, 0.6) is 0 Å². The SMILES string of the molecule is CC(O)(c1ccc(Br)cc1)C1(C#N)CCS(=O)(=O)C1. The molecule has 1 aromatic rings. The van der Waals surface area contributed by atoms with Crippen molar-refractivity contribution < 1.29 is 13.5 Å². The van der Waals surface area contributed by atoms with Crippen LogP contribution in [0.15, 0.2) is 28.7 Å². The van der Waals surface area contributed by atoms with Crippen LogP contribution in [0.4, 0.5) is 0 Å². The van der Waals surface area contributed by atoms with Gasteiger partial charge >= 0.3 is 0 Å². The zero-order chi connectivity index (χ0) is 14.3. The van der Waals surface area contributed by atoms with E-state index < -0.39 is 20.9 Å². The van der Waals surface area contributed by atoms with Gasteiger partial charge < -0.3 is 5.11 Å². The van der Waals surface area contributed by atoms with Gasteiger partial charge in [-0.15, -0.1) is 0 Å². The molecule has 4 nitrogen and oxygen atoms in total. The topological polar surface area (TPSA) is 78.2 Å². The fourth-order valence-corrected chi connectivity index (χ4v) is 4.79. The van der Waals surface area contributed by atoms with Crippen molar-refractivity contribution in [2.75, 3.05) is 11.5 Å². The van der Waals surface area contributed by atoms with E-state index in [9.17, 15) is 18.8 Å². The zero-order valence-corrected chi connectivity index (χ0v) is 12.8. The average Bonchev–Trinajstić information content (AvgIpc) is 2.67. The second-order valence-electron chi connectivity index (χ2n) is 5.12. The van der Waals surface area contributed by atoms with Crippen LogP contribution >= 0.6 is 15.9 Å². The first-order valence-electron chi connectivity index (χ1n) is 5.83. The first-order chi connectivity index (χ1) is 8.72. The third-order valence-electron chi connectivity index (χ3n) is 3.86. The second kappa shape index (κ2) is 4.58. The fraction of sp³-hybridized carbons (Fsp3) is 0.462. The van der Waals surface area contributed by atoms with Crippen LogP contribution in [-0.2, 0) is 15.4 Å². The van der Waals surface area contributed by atoms with Crippen LogP contribution in [-0.4, -0.2) is 25.0 Å². The Morgan fingerprint density at radius 1 is 1.42 bits per heavy atom. The van der Waals surface area contributed by atoms with Gasteiger partial charge in [0.1, 0.15) is 11.0 Å². The molecule has 0 aromatic heterocycles. The van der Waals surface area contributed by atoms with E-state index in [2.05, 4.69) is 15.9 Å². The van der Waals surface area contributed by atoms with Gasteiger partial charge in [0.05, 0.1) is 17.6 Å². The number of rotatable bonds is 2. The maximum absolute atomic E-state index is 11.7. The molecule has 0 bridgehead atoms. The van der Waals surface area contributed by atoms with E-state index in [1.165, 1.54) is 6.92 Å². The Hall–Kier alpha value is -0.900. The average molecular weight is 344 g/mol. The lowest BCUT2D eigenvalue weighted by molar-refractivity contribution is -0.0323. The molecule has 1 fully saturated rings. The quantitative estimate of drug-likeness (QED) is 0.890. The summed E-state index contributed by atoms with van der Waals surface area (Å²) < 4.78 is 24.2. The number of nitrogens with zero attached hydrogens (tertiary/aromatic N) is 1. The minimum atomic E-state index is -3.26. The second-order valence-corrected chi connectivity index (χ2v) is 8.21. The number of hydrogen-bond donors (Lipinski definition) is 1. The summed E-state index contributed by atoms with van der Waals surface area (Å²) in [6, 6.07) is 8.97. The summed E-state index contributed by atoms with van der Waals surface area (Å²) in [5.74, 6) is -0.340. The molecule has 1 aliphatic rings. The van der Waals surface area contributed by atoms with E-state index in [1.54, 1.807) is 24.3 Å². The molecule has 19 heavy (non-hydrogen) atoms. The van der Waals surface area contributed by atoms with Gasteiger partial charge in [-0.05, 0) is 31.0 Å². The number of benzene rings is 1. The predicted octanol–water partition coefficient (Wildman–Crippen LogP) is 1.99. The maximum atomic E-state index is 11.7. The summed E-state index contributed by atoms with van der Waals surface area (Å²) in [7, 11) is -3.26. The molecule has 2 unspecified atom stereocenters. The van der Waals surface area contributed by atoms with Gasteiger partial charge in [-0.2, -0.15) is 5.26 Å². The molecule has 2 rings (SSSR count). The molecule has 2 atom stereocenters. The van der Waals surface area contributed by atoms with E-state index in [0.717, 1.165) is 4.47 Å². The van der Waals surface area contributed by atoms with Crippen LogP contribution in [0.3, 0.4) is 0 Å². The molecule has 0 spiro atoms. The Kier molecular flexibility index (Phi) is 3.50. The molecular formula is C13H14BrNO3S. The molecule has 1 aliphatic heterocycles. The Labute approximate surface area is 121 Å². The largest absolute Gasteiger partial charge is 0.384 e. The molecule has 0 aliphatic carbocycles. The smallest absolute Gasteiger partial charge is 0.152 e. The highest BCUT2D eigenvalue weighted by Gasteiger charge is 2.55. The Morgan fingerprint density at radius 2 is 2.00 bits per heavy atom. The van der Waals surface area contributed by atoms with Crippen LogP contribution < -0.4 is 0 Å². The molecule has 0 amide bonds. The van der Waals surface area contributed by atoms with Crippen molar-refractivity contribution in [1.29, 1.82) is 5.26 Å². The number of sulfone groups is 1. The van der Waals surface area contributed by atoms with E-state index >= 15 is 0 Å². The van der Waals surface area contributed by atoms with E-state index in [0.29, 0.717) is 5.56 Å². The first-order valence-corrected chi connectivity index (χ1v) is 8.44. The van der Waals surface area contributed by atoms with E-state index in [1.807, 2.05) is 6.07 Å². The summed E-state index contributed by atoms with van der Waals surface area (Å²) in [6.07, 6.45) is 0.162. The van der Waals surface area contributed by atoms with Crippen molar-refractivity contribution >= 4 is 25.8 Å². The van der Waals surface area contributed by atoms with Crippen LogP contribution in [0, 0.1) is 16.7 Å². The normalized spacial score (nSPS) is 28.5. The summed E-state index contributed by atoms with van der Waals surface area (Å²) in [5, 5.41) is 20.2. The summed E-state index contributed by atoms with van der Waals surface area (Å²) >= 11 is 3.30. The maximum Gasteiger partial charge on any atom is 0.152 e. The third-order valence-corrected chi connectivity index (χ3v) is 6.15. The first kappa shape index (κ1) is 14.5. The molecule has 1 N–H and O–H groups in total. The van der Waals surface area contributed by atoms with Gasteiger partial charge in [-0.25, -0.2) is 8.42 Å². The molecule has 1 heterocycles. The Bertz CT molecular complexity index is 631. The lowest BCUT2D eigenvalue weighted by Gasteiger charge is -2.36. The highest BCUT2D eigenvalue weighted by molar-refractivity contribution is 9.10. The van der Waals surface area contributed by atoms with Gasteiger partial charge in [0.2, 0.25) is 0 Å². The number of nitriles is 1. The predicted molar refractivity (Wildman–Crippen MR) is 75.0 cm³/mol. The Balaban J connectivity index is 2.49. The monoisotopic (exact) mass is 343 g/mol. The van der Waals surface area contributed by atoms with Crippen molar-refractivity contribution in [3.63, 3.8) is 0 Å². The van der Waals surface area contributed by atoms with Crippen LogP contribution in [0.2, 0.25) is 0 Å². The molecular weight excluding hydrogens is 330 g/mol. The lowest BCUT2D eigenvalue weighted by atomic mass is 9.70. The third kappa shape index (κ3) is 2.42. The van der Waals surface area contributed by atoms with Gasteiger partial charge in [0.15, 0.2) is 9.84 Å². The molecule has 0 radical (unpaired) electrons. The lowest BCUT2D eigenvalue weighted by Crippen LogP contribution is -2.43. The zero-order valence-electron chi connectivity index (χ0n) is 10.4. The van der Waals surface area contributed by atoms with E-state index in [4.69, 9.17) is 0 Å². The summed E-state index contributed by atoms with van der Waals surface area (Å²) in [4.78, 5) is 0. The standard InChI is InChI=1S/C13H14BrNO3S/c1-12(16,10-2-4-11(14)5-3-10)13(8-15)6-7-19(17,18)9-13/h2-5,16H,6-7,9H2,1H3. The number of aliphatic hydroxyl groups is 1. The van der Waals surface area contributed by atoms with Crippen molar-refractivity contribution in [3.05, 3.63) is 34.3 Å². The van der Waals surface area contributed by atoms with E-state index in [-0.39, 0.29) is 17.9 Å². The van der Waals surface area contributed by atoms with Crippen molar-refractivity contribution in [2.24, 2.45) is 5.41 Å². The summed E-state index contributed by atoms with van der Waals surface area (Å²) in [5.41, 5.74) is -2.22. The Morgan fingerprint density at radius 3 is 2.42 bits per heavy atom. The molecule has 6 heteroatoms.